The summed E-state index contributed by atoms with van der Waals surface area (Å²) in [5, 5.41) is 0. The van der Waals surface area contributed by atoms with Crippen molar-refractivity contribution in [3.05, 3.63) is 0 Å². The van der Waals surface area contributed by atoms with Crippen molar-refractivity contribution < 1.29 is 9.53 Å². The van der Waals surface area contributed by atoms with E-state index in [1.807, 2.05) is 5.92 Å². The summed E-state index contributed by atoms with van der Waals surface area (Å²) in [5.74, 6) is 3.62. The molecule has 2 nitrogen and oxygen atoms in total. The molecule has 0 aromatic carbocycles. The number of carbonyl (C=O) groups is 1. The summed E-state index contributed by atoms with van der Waals surface area (Å²) in [5.41, 5.74) is 0. The van der Waals surface area contributed by atoms with Crippen LogP contribution in [0.1, 0.15) is 12.8 Å². The highest BCUT2D eigenvalue weighted by Gasteiger charge is 1.92. The SMILES string of the molecule is C#CCCCOC(=O)C#C. The van der Waals surface area contributed by atoms with E-state index in [1.54, 1.807) is 0 Å². The lowest BCUT2D eigenvalue weighted by Gasteiger charge is -1.95. The zero-order valence-electron chi connectivity index (χ0n) is 5.59. The number of esters is 1. The third-order valence-corrected chi connectivity index (χ3v) is 0.816. The number of ether oxygens (including phenoxy) is 1. The topological polar surface area (TPSA) is 26.3 Å². The fraction of sp³-hybridized carbons (Fsp3) is 0.375. The summed E-state index contributed by atoms with van der Waals surface area (Å²) >= 11 is 0. The maximum Gasteiger partial charge on any atom is 0.384 e. The van der Waals surface area contributed by atoms with E-state index in [0.717, 1.165) is 0 Å². The van der Waals surface area contributed by atoms with Crippen molar-refractivity contribution in [1.82, 2.24) is 0 Å². The van der Waals surface area contributed by atoms with E-state index in [-0.39, 0.29) is 0 Å². The van der Waals surface area contributed by atoms with Gasteiger partial charge in [0.05, 0.1) is 6.61 Å². The molecule has 10 heavy (non-hydrogen) atoms. The first-order valence-corrected chi connectivity index (χ1v) is 2.88. The van der Waals surface area contributed by atoms with Crippen LogP contribution in [-0.4, -0.2) is 12.6 Å². The Morgan fingerprint density at radius 1 is 1.50 bits per heavy atom. The molecule has 0 aromatic rings. The molecule has 0 heterocycles. The van der Waals surface area contributed by atoms with Crippen molar-refractivity contribution in [2.45, 2.75) is 12.8 Å². The molecule has 0 aliphatic carbocycles. The van der Waals surface area contributed by atoms with Gasteiger partial charge in [0.2, 0.25) is 0 Å². The Labute approximate surface area is 60.6 Å². The van der Waals surface area contributed by atoms with Crippen LogP contribution in [0, 0.1) is 24.7 Å². The van der Waals surface area contributed by atoms with Gasteiger partial charge >= 0.3 is 5.97 Å². The van der Waals surface area contributed by atoms with Crippen molar-refractivity contribution in [2.75, 3.05) is 6.61 Å². The predicted molar refractivity (Wildman–Crippen MR) is 37.9 cm³/mol. The van der Waals surface area contributed by atoms with Crippen molar-refractivity contribution in [2.24, 2.45) is 0 Å². The molecule has 0 radical (unpaired) electrons. The van der Waals surface area contributed by atoms with Crippen LogP contribution in [0.15, 0.2) is 0 Å². The fourth-order valence-corrected chi connectivity index (χ4v) is 0.381. The lowest BCUT2D eigenvalue weighted by Crippen LogP contribution is -2.01. The third-order valence-electron chi connectivity index (χ3n) is 0.816. The second kappa shape index (κ2) is 5.72. The Kier molecular flexibility index (Phi) is 4.91. The van der Waals surface area contributed by atoms with Gasteiger partial charge in [-0.15, -0.1) is 18.8 Å². The van der Waals surface area contributed by atoms with Gasteiger partial charge in [-0.1, -0.05) is 0 Å². The van der Waals surface area contributed by atoms with Gasteiger partial charge < -0.3 is 4.74 Å². The average molecular weight is 136 g/mol. The van der Waals surface area contributed by atoms with Crippen LogP contribution in [0.3, 0.4) is 0 Å². The molecule has 0 atom stereocenters. The Hall–Kier alpha value is -1.41. The van der Waals surface area contributed by atoms with Gasteiger partial charge in [0, 0.05) is 12.3 Å². The first-order chi connectivity index (χ1) is 4.81. The molecule has 2 heteroatoms. The number of hydrogen-bond acceptors (Lipinski definition) is 2. The van der Waals surface area contributed by atoms with Crippen LogP contribution in [0.25, 0.3) is 0 Å². The van der Waals surface area contributed by atoms with Crippen molar-refractivity contribution in [3.8, 4) is 24.7 Å². The normalized spacial score (nSPS) is 7.40. The van der Waals surface area contributed by atoms with Gasteiger partial charge in [-0.05, 0) is 6.42 Å². The summed E-state index contributed by atoms with van der Waals surface area (Å²) in [4.78, 5) is 10.3. The number of carbonyl (C=O) groups excluding carboxylic acids is 1. The van der Waals surface area contributed by atoms with Crippen LogP contribution < -0.4 is 0 Å². The Morgan fingerprint density at radius 2 is 2.20 bits per heavy atom. The Bertz CT molecular complexity index is 180. The minimum Gasteiger partial charge on any atom is -0.456 e. The van der Waals surface area contributed by atoms with Gasteiger partial charge in [-0.25, -0.2) is 4.79 Å². The van der Waals surface area contributed by atoms with Crippen LogP contribution in [0.4, 0.5) is 0 Å². The van der Waals surface area contributed by atoms with Crippen LogP contribution in [-0.2, 0) is 9.53 Å². The molecule has 0 aliphatic heterocycles. The molecule has 0 amide bonds. The zero-order chi connectivity index (χ0) is 7.82. The van der Waals surface area contributed by atoms with Gasteiger partial charge in [0.25, 0.3) is 0 Å². The first kappa shape index (κ1) is 8.59. The zero-order valence-corrected chi connectivity index (χ0v) is 5.59. The summed E-state index contributed by atoms with van der Waals surface area (Å²) < 4.78 is 4.52. The Morgan fingerprint density at radius 3 is 2.70 bits per heavy atom. The van der Waals surface area contributed by atoms with E-state index in [4.69, 9.17) is 12.8 Å². The quantitative estimate of drug-likeness (QED) is 0.245. The highest BCUT2D eigenvalue weighted by atomic mass is 16.5. The smallest absolute Gasteiger partial charge is 0.384 e. The molecule has 0 saturated carbocycles. The van der Waals surface area contributed by atoms with Crippen LogP contribution >= 0.6 is 0 Å². The Balaban J connectivity index is 3.16. The van der Waals surface area contributed by atoms with Crippen molar-refractivity contribution in [1.29, 1.82) is 0 Å². The summed E-state index contributed by atoms with van der Waals surface area (Å²) in [6, 6.07) is 0. The molecule has 0 spiro atoms. The van der Waals surface area contributed by atoms with E-state index in [9.17, 15) is 4.79 Å². The first-order valence-electron chi connectivity index (χ1n) is 2.88. The molecule has 0 N–H and O–H groups in total. The molecule has 0 bridgehead atoms. The molecule has 0 aromatic heterocycles. The molecule has 0 rings (SSSR count). The van der Waals surface area contributed by atoms with E-state index in [0.29, 0.717) is 19.4 Å². The maximum absolute atomic E-state index is 10.3. The second-order valence-electron chi connectivity index (χ2n) is 1.59. The monoisotopic (exact) mass is 136 g/mol. The minimum absolute atomic E-state index is 0.313. The standard InChI is InChI=1S/C8H8O2/c1-3-5-6-7-10-8(9)4-2/h1-2H,5-7H2. The fourth-order valence-electron chi connectivity index (χ4n) is 0.381. The molecule has 0 fully saturated rings. The van der Waals surface area contributed by atoms with Gasteiger partial charge in [-0.3, -0.25) is 0 Å². The van der Waals surface area contributed by atoms with Crippen molar-refractivity contribution >= 4 is 5.97 Å². The van der Waals surface area contributed by atoms with E-state index >= 15 is 0 Å². The molecular formula is C8H8O2. The average Bonchev–Trinajstić information content (AvgIpc) is 1.98. The molecule has 0 saturated heterocycles. The highest BCUT2D eigenvalue weighted by molar-refractivity contribution is 5.87. The van der Waals surface area contributed by atoms with E-state index in [2.05, 4.69) is 10.7 Å². The summed E-state index contributed by atoms with van der Waals surface area (Å²) in [6.07, 6.45) is 10.9. The predicted octanol–water partition coefficient (Wildman–Crippen LogP) is 0.576. The molecule has 0 aliphatic rings. The molecule has 52 valence electrons. The number of unbranched alkanes of at least 4 members (excludes halogenated alkanes) is 1. The third kappa shape index (κ3) is 4.74. The minimum atomic E-state index is -0.628. The maximum atomic E-state index is 10.3. The highest BCUT2D eigenvalue weighted by Crippen LogP contribution is 1.87. The lowest BCUT2D eigenvalue weighted by atomic mass is 10.3. The summed E-state index contributed by atoms with van der Waals surface area (Å²) in [7, 11) is 0. The van der Waals surface area contributed by atoms with Crippen LogP contribution in [0.2, 0.25) is 0 Å². The van der Waals surface area contributed by atoms with Gasteiger partial charge in [-0.2, -0.15) is 0 Å². The number of hydrogen-bond donors (Lipinski definition) is 0. The molecular weight excluding hydrogens is 128 g/mol. The van der Waals surface area contributed by atoms with Crippen LogP contribution in [0.5, 0.6) is 0 Å². The van der Waals surface area contributed by atoms with E-state index in [1.165, 1.54) is 0 Å². The second-order valence-corrected chi connectivity index (χ2v) is 1.59. The van der Waals surface area contributed by atoms with E-state index < -0.39 is 5.97 Å². The molecule has 0 unspecified atom stereocenters. The number of rotatable bonds is 3. The summed E-state index contributed by atoms with van der Waals surface area (Å²) in [6.45, 7) is 0.313. The largest absolute Gasteiger partial charge is 0.456 e. The number of terminal acetylenes is 2. The van der Waals surface area contributed by atoms with Crippen molar-refractivity contribution in [3.63, 3.8) is 0 Å². The van der Waals surface area contributed by atoms with Gasteiger partial charge in [0.1, 0.15) is 0 Å². The van der Waals surface area contributed by atoms with Gasteiger partial charge in [0.15, 0.2) is 0 Å². The lowest BCUT2D eigenvalue weighted by molar-refractivity contribution is -0.136.